The van der Waals surface area contributed by atoms with Gasteiger partial charge in [0.15, 0.2) is 0 Å². The second-order valence-electron chi connectivity index (χ2n) is 5.93. The van der Waals surface area contributed by atoms with Crippen LogP contribution in [0.2, 0.25) is 10.0 Å². The lowest BCUT2D eigenvalue weighted by atomic mass is 10.1. The Morgan fingerprint density at radius 3 is 2.07 bits per heavy atom. The average molecular weight is 399 g/mol. The van der Waals surface area contributed by atoms with E-state index < -0.39 is 0 Å². The summed E-state index contributed by atoms with van der Waals surface area (Å²) in [5, 5.41) is 6.31. The first kappa shape index (κ1) is 19.0. The number of anilines is 2. The molecule has 3 aromatic carbocycles. The molecule has 0 saturated carbocycles. The minimum atomic E-state index is -0.323. The first-order valence-corrected chi connectivity index (χ1v) is 8.93. The molecule has 0 bridgehead atoms. The standard InChI is InChI=1S/C21H16Cl2N2O2/c1-13-5-2-3-8-17(13)21(27)25-16-7-4-6-15(12-16)24-20(26)14-9-10-18(22)19(23)11-14/h2-12H,1H3,(H,24,26)(H,25,27). The van der Waals surface area contributed by atoms with Crippen LogP contribution >= 0.6 is 23.2 Å². The highest BCUT2D eigenvalue weighted by molar-refractivity contribution is 6.42. The van der Waals surface area contributed by atoms with Crippen LogP contribution in [-0.2, 0) is 0 Å². The van der Waals surface area contributed by atoms with Crippen LogP contribution in [0.25, 0.3) is 0 Å². The third-order valence-corrected chi connectivity index (χ3v) is 4.69. The summed E-state index contributed by atoms with van der Waals surface area (Å²) in [7, 11) is 0. The maximum atomic E-state index is 12.4. The van der Waals surface area contributed by atoms with Crippen molar-refractivity contribution >= 4 is 46.4 Å². The summed E-state index contributed by atoms with van der Waals surface area (Å²) < 4.78 is 0. The van der Waals surface area contributed by atoms with Crippen LogP contribution in [0.5, 0.6) is 0 Å². The number of carbonyl (C=O) groups excluding carboxylic acids is 2. The Morgan fingerprint density at radius 1 is 0.741 bits per heavy atom. The monoisotopic (exact) mass is 398 g/mol. The molecule has 0 aliphatic heterocycles. The smallest absolute Gasteiger partial charge is 0.255 e. The van der Waals surface area contributed by atoms with Crippen molar-refractivity contribution in [2.24, 2.45) is 0 Å². The van der Waals surface area contributed by atoms with Gasteiger partial charge >= 0.3 is 0 Å². The quantitative estimate of drug-likeness (QED) is 0.582. The number of nitrogens with one attached hydrogen (secondary N) is 2. The number of carbonyl (C=O) groups is 2. The molecule has 0 spiro atoms. The summed E-state index contributed by atoms with van der Waals surface area (Å²) >= 11 is 11.8. The van der Waals surface area contributed by atoms with E-state index in [4.69, 9.17) is 23.2 Å². The molecule has 0 atom stereocenters. The maximum Gasteiger partial charge on any atom is 0.255 e. The van der Waals surface area contributed by atoms with Crippen LogP contribution in [0.3, 0.4) is 0 Å². The molecule has 2 amide bonds. The van der Waals surface area contributed by atoms with Crippen LogP contribution in [0, 0.1) is 6.92 Å². The van der Waals surface area contributed by atoms with Gasteiger partial charge in [-0.1, -0.05) is 47.5 Å². The minimum absolute atomic E-state index is 0.207. The van der Waals surface area contributed by atoms with E-state index >= 15 is 0 Å². The molecule has 4 nitrogen and oxygen atoms in total. The van der Waals surface area contributed by atoms with Crippen molar-refractivity contribution in [1.29, 1.82) is 0 Å². The van der Waals surface area contributed by atoms with Gasteiger partial charge in [-0.15, -0.1) is 0 Å². The summed E-state index contributed by atoms with van der Waals surface area (Å²) in [5.41, 5.74) is 3.00. The molecular formula is C21H16Cl2N2O2. The Labute approximate surface area is 167 Å². The molecule has 0 aliphatic rings. The topological polar surface area (TPSA) is 58.2 Å². The molecule has 0 aliphatic carbocycles. The molecule has 27 heavy (non-hydrogen) atoms. The zero-order chi connectivity index (χ0) is 19.4. The summed E-state index contributed by atoms with van der Waals surface area (Å²) in [5.74, 6) is -0.531. The number of benzene rings is 3. The van der Waals surface area contributed by atoms with Gasteiger partial charge in [0.2, 0.25) is 0 Å². The average Bonchev–Trinajstić information content (AvgIpc) is 2.64. The lowest BCUT2D eigenvalue weighted by Crippen LogP contribution is -2.14. The van der Waals surface area contributed by atoms with E-state index in [-0.39, 0.29) is 11.8 Å². The van der Waals surface area contributed by atoms with Gasteiger partial charge < -0.3 is 10.6 Å². The summed E-state index contributed by atoms with van der Waals surface area (Å²) in [6.45, 7) is 1.88. The lowest BCUT2D eigenvalue weighted by molar-refractivity contribution is 0.101. The molecule has 0 radical (unpaired) electrons. The van der Waals surface area contributed by atoms with E-state index in [0.717, 1.165) is 5.56 Å². The summed E-state index contributed by atoms with van der Waals surface area (Å²) in [4.78, 5) is 24.8. The van der Waals surface area contributed by atoms with E-state index in [1.165, 1.54) is 6.07 Å². The number of aryl methyl sites for hydroxylation is 1. The van der Waals surface area contributed by atoms with Gasteiger partial charge in [0.1, 0.15) is 0 Å². The van der Waals surface area contributed by atoms with Crippen molar-refractivity contribution in [1.82, 2.24) is 0 Å². The van der Waals surface area contributed by atoms with Gasteiger partial charge in [-0.25, -0.2) is 0 Å². The van der Waals surface area contributed by atoms with Crippen molar-refractivity contribution in [3.63, 3.8) is 0 Å². The lowest BCUT2D eigenvalue weighted by Gasteiger charge is -2.10. The SMILES string of the molecule is Cc1ccccc1C(=O)Nc1cccc(NC(=O)c2ccc(Cl)c(Cl)c2)c1. The van der Waals surface area contributed by atoms with E-state index in [1.54, 1.807) is 42.5 Å². The molecule has 0 fully saturated rings. The van der Waals surface area contributed by atoms with Crippen molar-refractivity contribution in [3.05, 3.63) is 93.5 Å². The Morgan fingerprint density at radius 2 is 1.41 bits per heavy atom. The molecule has 0 unspecified atom stereocenters. The third-order valence-electron chi connectivity index (χ3n) is 3.95. The Bertz CT molecular complexity index is 1020. The zero-order valence-corrected chi connectivity index (χ0v) is 15.9. The van der Waals surface area contributed by atoms with Gasteiger partial charge in [-0.05, 0) is 55.0 Å². The fourth-order valence-corrected chi connectivity index (χ4v) is 2.84. The highest BCUT2D eigenvalue weighted by atomic mass is 35.5. The van der Waals surface area contributed by atoms with Gasteiger partial charge in [-0.3, -0.25) is 9.59 Å². The number of hydrogen-bond acceptors (Lipinski definition) is 2. The fourth-order valence-electron chi connectivity index (χ4n) is 2.54. The van der Waals surface area contributed by atoms with Crippen molar-refractivity contribution in [2.45, 2.75) is 6.92 Å². The van der Waals surface area contributed by atoms with Crippen molar-refractivity contribution < 1.29 is 9.59 Å². The molecule has 0 heterocycles. The maximum absolute atomic E-state index is 12.4. The van der Waals surface area contributed by atoms with Crippen LogP contribution in [0.1, 0.15) is 26.3 Å². The molecular weight excluding hydrogens is 383 g/mol. The zero-order valence-electron chi connectivity index (χ0n) is 14.4. The van der Waals surface area contributed by atoms with Crippen molar-refractivity contribution in [2.75, 3.05) is 10.6 Å². The predicted molar refractivity (Wildman–Crippen MR) is 110 cm³/mol. The Kier molecular flexibility index (Phi) is 5.79. The number of halogens is 2. The number of rotatable bonds is 4. The van der Waals surface area contributed by atoms with E-state index in [2.05, 4.69) is 10.6 Å². The van der Waals surface area contributed by atoms with Crippen LogP contribution < -0.4 is 10.6 Å². The summed E-state index contributed by atoms with van der Waals surface area (Å²) in [6.07, 6.45) is 0. The van der Waals surface area contributed by atoms with E-state index in [9.17, 15) is 9.59 Å². The van der Waals surface area contributed by atoms with Gasteiger partial charge in [-0.2, -0.15) is 0 Å². The largest absolute Gasteiger partial charge is 0.322 e. The predicted octanol–water partition coefficient (Wildman–Crippen LogP) is 5.81. The van der Waals surface area contributed by atoms with Gasteiger partial charge in [0.25, 0.3) is 11.8 Å². The second kappa shape index (κ2) is 8.25. The first-order chi connectivity index (χ1) is 12.9. The minimum Gasteiger partial charge on any atom is -0.322 e. The van der Waals surface area contributed by atoms with Gasteiger partial charge in [0, 0.05) is 22.5 Å². The van der Waals surface area contributed by atoms with Crippen LogP contribution in [0.15, 0.2) is 66.7 Å². The molecule has 6 heteroatoms. The van der Waals surface area contributed by atoms with E-state index in [0.29, 0.717) is 32.5 Å². The molecule has 0 aromatic heterocycles. The number of amides is 2. The fraction of sp³-hybridized carbons (Fsp3) is 0.0476. The third kappa shape index (κ3) is 4.67. The Balaban J connectivity index is 1.73. The Hall–Kier alpha value is -2.82. The van der Waals surface area contributed by atoms with Gasteiger partial charge in [0.05, 0.1) is 10.0 Å². The van der Waals surface area contributed by atoms with E-state index in [1.807, 2.05) is 25.1 Å². The molecule has 2 N–H and O–H groups in total. The summed E-state index contributed by atoms with van der Waals surface area (Å²) in [6, 6.07) is 18.9. The van der Waals surface area contributed by atoms with Crippen LogP contribution in [0.4, 0.5) is 11.4 Å². The normalized spacial score (nSPS) is 10.3. The molecule has 136 valence electrons. The molecule has 3 rings (SSSR count). The van der Waals surface area contributed by atoms with Crippen LogP contribution in [-0.4, -0.2) is 11.8 Å². The highest BCUT2D eigenvalue weighted by Crippen LogP contribution is 2.23. The molecule has 0 saturated heterocycles. The molecule has 3 aromatic rings. The second-order valence-corrected chi connectivity index (χ2v) is 6.75. The van der Waals surface area contributed by atoms with Crippen molar-refractivity contribution in [3.8, 4) is 0 Å². The first-order valence-electron chi connectivity index (χ1n) is 8.17. The highest BCUT2D eigenvalue weighted by Gasteiger charge is 2.11. The number of hydrogen-bond donors (Lipinski definition) is 2.